The van der Waals surface area contributed by atoms with Crippen LogP contribution in [-0.2, 0) is 13.2 Å². The highest BCUT2D eigenvalue weighted by Gasteiger charge is 2.09. The quantitative estimate of drug-likeness (QED) is 0.190. The molecule has 36 heavy (non-hydrogen) atoms. The average Bonchev–Trinajstić information content (AvgIpc) is 2.94. The van der Waals surface area contributed by atoms with Gasteiger partial charge < -0.3 is 19.6 Å². The van der Waals surface area contributed by atoms with E-state index in [1.54, 1.807) is 14.2 Å². The van der Waals surface area contributed by atoms with Crippen LogP contribution in [0.5, 0.6) is 17.2 Å². The second-order valence-corrected chi connectivity index (χ2v) is 8.41. The van der Waals surface area contributed by atoms with E-state index in [0.29, 0.717) is 24.7 Å². The normalized spacial score (nSPS) is 11.2. The molecule has 5 aromatic rings. The number of fused-ring (bicyclic) bond motifs is 2. The van der Waals surface area contributed by atoms with Crippen LogP contribution < -0.4 is 19.6 Å². The molecule has 0 amide bonds. The van der Waals surface area contributed by atoms with Crippen molar-refractivity contribution in [3.05, 3.63) is 114 Å². The van der Waals surface area contributed by atoms with Crippen LogP contribution in [0.15, 0.2) is 102 Å². The van der Waals surface area contributed by atoms with Crippen molar-refractivity contribution in [3.8, 4) is 17.2 Å². The summed E-state index contributed by atoms with van der Waals surface area (Å²) in [6, 6.07) is 32.9. The fourth-order valence-electron chi connectivity index (χ4n) is 4.35. The number of methoxy groups -OCH3 is 2. The predicted molar refractivity (Wildman–Crippen MR) is 146 cm³/mol. The molecular weight excluding hydrogens is 448 g/mol. The molecule has 180 valence electrons. The maximum atomic E-state index is 6.36. The molecule has 0 saturated heterocycles. The van der Waals surface area contributed by atoms with Crippen molar-refractivity contribution < 1.29 is 14.2 Å². The minimum absolute atomic E-state index is 0.472. The van der Waals surface area contributed by atoms with E-state index in [2.05, 4.69) is 71.2 Å². The smallest absolute Gasteiger partial charge is 0.161 e. The SMILES string of the molecule is COc1ccc(CN/N=C\c2c(OCc3cccc4ccccc34)ccc3ccccc23)cc1OC. The number of nitrogens with zero attached hydrogens (tertiary/aromatic N) is 1. The highest BCUT2D eigenvalue weighted by Crippen LogP contribution is 2.29. The van der Waals surface area contributed by atoms with Crippen molar-refractivity contribution in [1.82, 2.24) is 5.43 Å². The number of ether oxygens (including phenoxy) is 3. The van der Waals surface area contributed by atoms with Crippen LogP contribution in [0.25, 0.3) is 21.5 Å². The Kier molecular flexibility index (Phi) is 6.99. The van der Waals surface area contributed by atoms with E-state index in [4.69, 9.17) is 14.2 Å². The average molecular weight is 477 g/mol. The van der Waals surface area contributed by atoms with Crippen molar-refractivity contribution in [2.45, 2.75) is 13.2 Å². The van der Waals surface area contributed by atoms with E-state index in [1.165, 1.54) is 10.8 Å². The minimum Gasteiger partial charge on any atom is -0.493 e. The number of hydrazone groups is 1. The monoisotopic (exact) mass is 476 g/mol. The number of hydrogen-bond acceptors (Lipinski definition) is 5. The molecular formula is C31H28N2O3. The first kappa shape index (κ1) is 23.2. The van der Waals surface area contributed by atoms with Crippen LogP contribution in [0.2, 0.25) is 0 Å². The zero-order valence-corrected chi connectivity index (χ0v) is 20.4. The Hall–Kier alpha value is -4.51. The molecule has 0 fully saturated rings. The molecule has 0 aliphatic carbocycles. The van der Waals surface area contributed by atoms with Gasteiger partial charge in [-0.3, -0.25) is 0 Å². The summed E-state index contributed by atoms with van der Waals surface area (Å²) in [5.41, 5.74) is 6.27. The molecule has 0 aromatic heterocycles. The predicted octanol–water partition coefficient (Wildman–Crippen LogP) is 6.71. The Morgan fingerprint density at radius 1 is 0.694 bits per heavy atom. The number of rotatable bonds is 9. The number of nitrogens with one attached hydrogen (secondary N) is 1. The van der Waals surface area contributed by atoms with Crippen LogP contribution >= 0.6 is 0 Å². The Morgan fingerprint density at radius 2 is 1.39 bits per heavy atom. The molecule has 5 aromatic carbocycles. The zero-order chi connectivity index (χ0) is 24.7. The lowest BCUT2D eigenvalue weighted by Gasteiger charge is -2.13. The van der Waals surface area contributed by atoms with Crippen molar-refractivity contribution in [2.75, 3.05) is 14.2 Å². The van der Waals surface area contributed by atoms with Crippen LogP contribution in [0.4, 0.5) is 0 Å². The maximum absolute atomic E-state index is 6.36. The van der Waals surface area contributed by atoms with Crippen molar-refractivity contribution in [2.24, 2.45) is 5.10 Å². The summed E-state index contributed by atoms with van der Waals surface area (Å²) in [7, 11) is 3.26. The van der Waals surface area contributed by atoms with Crippen molar-refractivity contribution >= 4 is 27.8 Å². The molecule has 0 saturated carbocycles. The van der Waals surface area contributed by atoms with Gasteiger partial charge in [-0.1, -0.05) is 78.9 Å². The van der Waals surface area contributed by atoms with E-state index >= 15 is 0 Å². The standard InChI is InChI=1S/C31H28N2O3/c1-34-30-16-14-22(18-31(30)35-2)19-32-33-20-28-27-13-6-4-9-24(27)15-17-29(28)36-21-25-11-7-10-23-8-3-5-12-26(23)25/h3-18,20,32H,19,21H2,1-2H3/b33-20-. The number of benzene rings is 5. The lowest BCUT2D eigenvalue weighted by Crippen LogP contribution is -2.07. The first-order valence-corrected chi connectivity index (χ1v) is 11.8. The van der Waals surface area contributed by atoms with Crippen molar-refractivity contribution in [1.29, 1.82) is 0 Å². The highest BCUT2D eigenvalue weighted by molar-refractivity contribution is 6.02. The molecule has 0 aliphatic rings. The Balaban J connectivity index is 1.37. The van der Waals surface area contributed by atoms with Gasteiger partial charge in [0.2, 0.25) is 0 Å². The van der Waals surface area contributed by atoms with E-state index in [9.17, 15) is 0 Å². The fraction of sp³-hybridized carbons (Fsp3) is 0.129. The molecule has 0 radical (unpaired) electrons. The Labute approximate surface area is 210 Å². The minimum atomic E-state index is 0.472. The molecule has 0 spiro atoms. The van der Waals surface area contributed by atoms with E-state index in [1.807, 2.05) is 42.6 Å². The van der Waals surface area contributed by atoms with Gasteiger partial charge in [0.25, 0.3) is 0 Å². The Morgan fingerprint density at radius 3 is 2.19 bits per heavy atom. The molecule has 5 heteroatoms. The van der Waals surface area contributed by atoms with Gasteiger partial charge in [0.15, 0.2) is 11.5 Å². The third-order valence-corrected chi connectivity index (χ3v) is 6.21. The van der Waals surface area contributed by atoms with Gasteiger partial charge in [-0.25, -0.2) is 0 Å². The van der Waals surface area contributed by atoms with E-state index in [0.717, 1.165) is 33.2 Å². The summed E-state index contributed by atoms with van der Waals surface area (Å²) in [4.78, 5) is 0. The molecule has 0 atom stereocenters. The second-order valence-electron chi connectivity index (χ2n) is 8.41. The van der Waals surface area contributed by atoms with Crippen molar-refractivity contribution in [3.63, 3.8) is 0 Å². The summed E-state index contributed by atoms with van der Waals surface area (Å²) in [5.74, 6) is 2.19. The topological polar surface area (TPSA) is 52.1 Å². The largest absolute Gasteiger partial charge is 0.493 e. The van der Waals surface area contributed by atoms with Crippen LogP contribution in [0.1, 0.15) is 16.7 Å². The lowest BCUT2D eigenvalue weighted by atomic mass is 10.0. The third-order valence-electron chi connectivity index (χ3n) is 6.21. The van der Waals surface area contributed by atoms with Gasteiger partial charge >= 0.3 is 0 Å². The summed E-state index contributed by atoms with van der Waals surface area (Å²) in [5, 5.41) is 9.15. The van der Waals surface area contributed by atoms with Crippen LogP contribution in [-0.4, -0.2) is 20.4 Å². The van der Waals surface area contributed by atoms with Gasteiger partial charge in [-0.05, 0) is 50.9 Å². The zero-order valence-electron chi connectivity index (χ0n) is 20.4. The second kappa shape index (κ2) is 10.8. The molecule has 1 N–H and O–H groups in total. The first-order chi connectivity index (χ1) is 17.8. The van der Waals surface area contributed by atoms with Crippen LogP contribution in [0, 0.1) is 0 Å². The maximum Gasteiger partial charge on any atom is 0.161 e. The van der Waals surface area contributed by atoms with Gasteiger partial charge in [0.1, 0.15) is 12.4 Å². The first-order valence-electron chi connectivity index (χ1n) is 11.8. The van der Waals surface area contributed by atoms with E-state index in [-0.39, 0.29) is 0 Å². The summed E-state index contributed by atoms with van der Waals surface area (Å²) in [6.07, 6.45) is 1.83. The number of hydrogen-bond donors (Lipinski definition) is 1. The molecule has 5 nitrogen and oxygen atoms in total. The summed E-state index contributed by atoms with van der Waals surface area (Å²) in [6.45, 7) is 1.02. The fourth-order valence-corrected chi connectivity index (χ4v) is 4.35. The van der Waals surface area contributed by atoms with Gasteiger partial charge in [-0.2, -0.15) is 5.10 Å². The molecule has 0 aliphatic heterocycles. The van der Waals surface area contributed by atoms with E-state index < -0.39 is 0 Å². The van der Waals surface area contributed by atoms with Crippen LogP contribution in [0.3, 0.4) is 0 Å². The summed E-state index contributed by atoms with van der Waals surface area (Å²) >= 11 is 0. The lowest BCUT2D eigenvalue weighted by molar-refractivity contribution is 0.307. The molecule has 0 heterocycles. The highest BCUT2D eigenvalue weighted by atomic mass is 16.5. The third kappa shape index (κ3) is 4.96. The molecule has 0 unspecified atom stereocenters. The van der Waals surface area contributed by atoms with Gasteiger partial charge in [0.05, 0.1) is 27.0 Å². The van der Waals surface area contributed by atoms with Gasteiger partial charge in [-0.15, -0.1) is 0 Å². The Bertz CT molecular complexity index is 1520. The molecule has 0 bridgehead atoms. The molecule has 5 rings (SSSR count). The summed E-state index contributed by atoms with van der Waals surface area (Å²) < 4.78 is 17.1. The van der Waals surface area contributed by atoms with Gasteiger partial charge in [0, 0.05) is 5.56 Å².